The van der Waals surface area contributed by atoms with Crippen LogP contribution in [-0.4, -0.2) is 54.9 Å². The number of hydrogen-bond acceptors (Lipinski definition) is 4. The molecule has 0 unspecified atom stereocenters. The number of likely N-dealkylation sites (N-methyl/N-ethyl adjacent to an activating group) is 1. The van der Waals surface area contributed by atoms with Gasteiger partial charge in [0, 0.05) is 19.1 Å². The van der Waals surface area contributed by atoms with E-state index in [2.05, 4.69) is 30.1 Å². The smallest absolute Gasteiger partial charge is 0.119 e. The topological polar surface area (TPSA) is 44.7 Å². The monoisotopic (exact) mass is 306 g/mol. The molecule has 1 aliphatic rings. The Balaban J connectivity index is 1.64. The van der Waals surface area contributed by atoms with Gasteiger partial charge in [0.1, 0.15) is 18.5 Å². The minimum Gasteiger partial charge on any atom is -0.491 e. The summed E-state index contributed by atoms with van der Waals surface area (Å²) in [6.45, 7) is 8.54. The minimum absolute atomic E-state index is 0.336. The highest BCUT2D eigenvalue weighted by Crippen LogP contribution is 2.16. The first-order chi connectivity index (χ1) is 10.7. The molecule has 0 aliphatic carbocycles. The molecule has 0 saturated carbocycles. The lowest BCUT2D eigenvalue weighted by molar-refractivity contribution is 0.104. The largest absolute Gasteiger partial charge is 0.491 e. The maximum atomic E-state index is 10.0. The molecule has 22 heavy (non-hydrogen) atoms. The number of aliphatic hydroxyl groups is 1. The summed E-state index contributed by atoms with van der Waals surface area (Å²) in [7, 11) is 0. The first kappa shape index (κ1) is 17.3. The van der Waals surface area contributed by atoms with Crippen LogP contribution in [0.1, 0.15) is 32.3 Å². The van der Waals surface area contributed by atoms with E-state index in [-0.39, 0.29) is 0 Å². The molecule has 4 heteroatoms. The number of ether oxygens (including phenoxy) is 1. The molecule has 2 rings (SSSR count). The fraction of sp³-hybridized carbons (Fsp3) is 0.667. The van der Waals surface area contributed by atoms with Gasteiger partial charge in [-0.3, -0.25) is 4.90 Å². The van der Waals surface area contributed by atoms with E-state index in [1.807, 2.05) is 18.2 Å². The third-order valence-corrected chi connectivity index (χ3v) is 4.41. The van der Waals surface area contributed by atoms with Gasteiger partial charge in [0.25, 0.3) is 0 Å². The Kier molecular flexibility index (Phi) is 7.16. The second-order valence-electron chi connectivity index (χ2n) is 6.05. The van der Waals surface area contributed by atoms with Gasteiger partial charge in [0.05, 0.1) is 0 Å². The van der Waals surface area contributed by atoms with Crippen molar-refractivity contribution in [2.24, 2.45) is 0 Å². The number of hydrogen-bond donors (Lipinski definition) is 2. The Hall–Kier alpha value is -1.10. The van der Waals surface area contributed by atoms with Crippen LogP contribution in [-0.2, 0) is 6.42 Å². The zero-order chi connectivity index (χ0) is 15.8. The Labute approximate surface area is 134 Å². The standard InChI is InChI=1S/C18H30N2O2/c1-3-15-7-5-9-18(11-15)22-14-17(21)13-19-12-16-8-6-10-20(16)4-2/h5,7,9,11,16-17,19,21H,3-4,6,8,10,12-14H2,1-2H3/t16-,17+/m1/s1. The van der Waals surface area contributed by atoms with Crippen molar-refractivity contribution < 1.29 is 9.84 Å². The van der Waals surface area contributed by atoms with Crippen LogP contribution in [0.5, 0.6) is 5.75 Å². The van der Waals surface area contributed by atoms with Gasteiger partial charge in [0.2, 0.25) is 0 Å². The Morgan fingerprint density at radius 3 is 3.05 bits per heavy atom. The molecule has 0 aromatic heterocycles. The second kappa shape index (κ2) is 9.13. The molecule has 1 saturated heterocycles. The van der Waals surface area contributed by atoms with Crippen LogP contribution >= 0.6 is 0 Å². The maximum absolute atomic E-state index is 10.0. The Morgan fingerprint density at radius 2 is 2.27 bits per heavy atom. The molecule has 4 nitrogen and oxygen atoms in total. The quantitative estimate of drug-likeness (QED) is 0.733. The predicted octanol–water partition coefficient (Wildman–Crippen LogP) is 2.06. The number of benzene rings is 1. The number of rotatable bonds is 9. The zero-order valence-electron chi connectivity index (χ0n) is 13.9. The second-order valence-corrected chi connectivity index (χ2v) is 6.05. The van der Waals surface area contributed by atoms with Crippen LogP contribution in [0.2, 0.25) is 0 Å². The van der Waals surface area contributed by atoms with Gasteiger partial charge in [-0.25, -0.2) is 0 Å². The van der Waals surface area contributed by atoms with E-state index in [4.69, 9.17) is 4.74 Å². The van der Waals surface area contributed by atoms with Crippen molar-refractivity contribution in [3.63, 3.8) is 0 Å². The average Bonchev–Trinajstić information content (AvgIpc) is 3.00. The molecule has 1 aromatic carbocycles. The molecular formula is C18H30N2O2. The van der Waals surface area contributed by atoms with Crippen LogP contribution in [0.3, 0.4) is 0 Å². The molecule has 2 atom stereocenters. The molecule has 1 heterocycles. The number of likely N-dealkylation sites (tertiary alicyclic amines) is 1. The highest BCUT2D eigenvalue weighted by atomic mass is 16.5. The molecule has 0 spiro atoms. The van der Waals surface area contributed by atoms with E-state index < -0.39 is 6.10 Å². The number of aliphatic hydroxyl groups excluding tert-OH is 1. The summed E-state index contributed by atoms with van der Waals surface area (Å²) >= 11 is 0. The molecule has 0 radical (unpaired) electrons. The van der Waals surface area contributed by atoms with Crippen LogP contribution in [0.4, 0.5) is 0 Å². The van der Waals surface area contributed by atoms with Gasteiger partial charge in [-0.15, -0.1) is 0 Å². The minimum atomic E-state index is -0.471. The number of nitrogens with zero attached hydrogens (tertiary/aromatic N) is 1. The normalized spacial score (nSPS) is 20.2. The molecule has 0 bridgehead atoms. The van der Waals surface area contributed by atoms with E-state index in [9.17, 15) is 5.11 Å². The van der Waals surface area contributed by atoms with E-state index in [1.165, 1.54) is 24.9 Å². The summed E-state index contributed by atoms with van der Waals surface area (Å²) in [5.74, 6) is 0.839. The van der Waals surface area contributed by atoms with Gasteiger partial charge in [-0.05, 0) is 50.0 Å². The lowest BCUT2D eigenvalue weighted by atomic mass is 10.2. The fourth-order valence-electron chi connectivity index (χ4n) is 3.07. The molecule has 1 aromatic rings. The predicted molar refractivity (Wildman–Crippen MR) is 90.5 cm³/mol. The summed E-state index contributed by atoms with van der Waals surface area (Å²) in [6, 6.07) is 8.69. The summed E-state index contributed by atoms with van der Waals surface area (Å²) < 4.78 is 5.67. The molecule has 1 aliphatic heterocycles. The van der Waals surface area contributed by atoms with E-state index in [0.717, 1.165) is 25.3 Å². The van der Waals surface area contributed by atoms with E-state index >= 15 is 0 Å². The van der Waals surface area contributed by atoms with Gasteiger partial charge < -0.3 is 15.2 Å². The third kappa shape index (κ3) is 5.27. The van der Waals surface area contributed by atoms with Crippen LogP contribution in [0.25, 0.3) is 0 Å². The first-order valence-corrected chi connectivity index (χ1v) is 8.57. The summed E-state index contributed by atoms with van der Waals surface area (Å²) in [4.78, 5) is 2.51. The van der Waals surface area contributed by atoms with Crippen molar-refractivity contribution in [3.05, 3.63) is 29.8 Å². The van der Waals surface area contributed by atoms with Crippen molar-refractivity contribution in [3.8, 4) is 5.75 Å². The molecule has 2 N–H and O–H groups in total. The lowest BCUT2D eigenvalue weighted by Crippen LogP contribution is -2.41. The molecular weight excluding hydrogens is 276 g/mol. The lowest BCUT2D eigenvalue weighted by Gasteiger charge is -2.23. The van der Waals surface area contributed by atoms with Gasteiger partial charge in [-0.1, -0.05) is 26.0 Å². The van der Waals surface area contributed by atoms with Gasteiger partial charge in [-0.2, -0.15) is 0 Å². The van der Waals surface area contributed by atoms with Crippen molar-refractivity contribution in [1.29, 1.82) is 0 Å². The average molecular weight is 306 g/mol. The van der Waals surface area contributed by atoms with Crippen LogP contribution < -0.4 is 10.1 Å². The summed E-state index contributed by atoms with van der Waals surface area (Å²) in [6.07, 6.45) is 3.08. The third-order valence-electron chi connectivity index (χ3n) is 4.41. The zero-order valence-corrected chi connectivity index (χ0v) is 13.9. The van der Waals surface area contributed by atoms with Crippen molar-refractivity contribution in [1.82, 2.24) is 10.2 Å². The van der Waals surface area contributed by atoms with Gasteiger partial charge >= 0.3 is 0 Å². The molecule has 0 amide bonds. The Bertz CT molecular complexity index is 439. The van der Waals surface area contributed by atoms with Crippen molar-refractivity contribution in [2.45, 2.75) is 45.3 Å². The number of nitrogens with one attached hydrogen (secondary N) is 1. The van der Waals surface area contributed by atoms with E-state index in [1.54, 1.807) is 0 Å². The molecule has 1 fully saturated rings. The summed E-state index contributed by atoms with van der Waals surface area (Å²) in [5, 5.41) is 13.4. The van der Waals surface area contributed by atoms with Crippen molar-refractivity contribution in [2.75, 3.05) is 32.8 Å². The van der Waals surface area contributed by atoms with Crippen molar-refractivity contribution >= 4 is 0 Å². The van der Waals surface area contributed by atoms with E-state index in [0.29, 0.717) is 19.2 Å². The maximum Gasteiger partial charge on any atom is 0.119 e. The van der Waals surface area contributed by atoms with Crippen LogP contribution in [0, 0.1) is 0 Å². The highest BCUT2D eigenvalue weighted by Gasteiger charge is 2.22. The van der Waals surface area contributed by atoms with Gasteiger partial charge in [0.15, 0.2) is 0 Å². The Morgan fingerprint density at radius 1 is 1.41 bits per heavy atom. The summed E-state index contributed by atoms with van der Waals surface area (Å²) in [5.41, 5.74) is 1.26. The fourth-order valence-corrected chi connectivity index (χ4v) is 3.07. The highest BCUT2D eigenvalue weighted by molar-refractivity contribution is 5.28. The number of aryl methyl sites for hydroxylation is 1. The first-order valence-electron chi connectivity index (χ1n) is 8.57. The SMILES string of the molecule is CCc1cccc(OC[C@@H](O)CNC[C@H]2CCCN2CC)c1. The van der Waals surface area contributed by atoms with Crippen LogP contribution in [0.15, 0.2) is 24.3 Å². The molecule has 124 valence electrons.